The van der Waals surface area contributed by atoms with Gasteiger partial charge in [-0.05, 0) is 69.8 Å². The van der Waals surface area contributed by atoms with Crippen molar-refractivity contribution in [2.24, 2.45) is 0 Å². The van der Waals surface area contributed by atoms with E-state index in [1.54, 1.807) is 18.2 Å². The molecule has 0 radical (unpaired) electrons. The zero-order valence-corrected chi connectivity index (χ0v) is 13.7. The molecule has 5 heteroatoms. The first kappa shape index (κ1) is 16.3. The lowest BCUT2D eigenvalue weighted by Gasteiger charge is -2.40. The fraction of sp³-hybridized carbons (Fsp3) is 0.611. The highest BCUT2D eigenvalue weighted by Crippen LogP contribution is 2.27. The number of carbonyl (C=O) groups is 1. The van der Waals surface area contributed by atoms with Crippen LogP contribution in [0.15, 0.2) is 18.2 Å². The molecular weight excluding hydrogens is 292 g/mol. The molecule has 1 saturated heterocycles. The molecule has 1 saturated carbocycles. The van der Waals surface area contributed by atoms with Crippen molar-refractivity contribution in [2.45, 2.75) is 57.2 Å². The summed E-state index contributed by atoms with van der Waals surface area (Å²) in [5, 5.41) is 23.6. The van der Waals surface area contributed by atoms with Crippen LogP contribution in [0.3, 0.4) is 0 Å². The summed E-state index contributed by atoms with van der Waals surface area (Å²) in [4.78, 5) is 14.8. The fourth-order valence-electron chi connectivity index (χ4n) is 3.87. The summed E-state index contributed by atoms with van der Waals surface area (Å²) in [6.07, 6.45) is 4.61. The Bertz CT molecular complexity index is 569. The summed E-state index contributed by atoms with van der Waals surface area (Å²) in [5.41, 5.74) is 1.18. The highest BCUT2D eigenvalue weighted by Gasteiger charge is 2.37. The minimum atomic E-state index is -0.543. The van der Waals surface area contributed by atoms with Crippen LogP contribution in [0.1, 0.15) is 48.0 Å². The molecule has 1 aliphatic heterocycles. The van der Waals surface area contributed by atoms with E-state index in [0.29, 0.717) is 0 Å². The third kappa shape index (κ3) is 3.51. The monoisotopic (exact) mass is 318 g/mol. The van der Waals surface area contributed by atoms with E-state index in [4.69, 9.17) is 0 Å². The summed E-state index contributed by atoms with van der Waals surface area (Å²) in [5.74, 6) is -0.322. The average molecular weight is 318 g/mol. The van der Waals surface area contributed by atoms with Gasteiger partial charge in [-0.15, -0.1) is 0 Å². The molecule has 0 spiro atoms. The van der Waals surface area contributed by atoms with Crippen LogP contribution in [0.2, 0.25) is 0 Å². The average Bonchev–Trinajstić information content (AvgIpc) is 3.03. The van der Waals surface area contributed by atoms with Gasteiger partial charge >= 0.3 is 0 Å². The predicted octanol–water partition coefficient (Wildman–Crippen LogP) is 1.81. The van der Waals surface area contributed by atoms with Crippen LogP contribution in [0.4, 0.5) is 0 Å². The van der Waals surface area contributed by atoms with Crippen molar-refractivity contribution >= 4 is 5.91 Å². The molecule has 5 nitrogen and oxygen atoms in total. The zero-order valence-electron chi connectivity index (χ0n) is 13.7. The Morgan fingerprint density at radius 1 is 1.22 bits per heavy atom. The van der Waals surface area contributed by atoms with Gasteiger partial charge in [-0.1, -0.05) is 6.07 Å². The third-order valence-corrected chi connectivity index (χ3v) is 5.15. The lowest BCUT2D eigenvalue weighted by molar-refractivity contribution is 0.00700. The van der Waals surface area contributed by atoms with Crippen molar-refractivity contribution in [3.63, 3.8) is 0 Å². The second-order valence-electron chi connectivity index (χ2n) is 6.83. The number of rotatable bonds is 3. The third-order valence-electron chi connectivity index (χ3n) is 5.15. The van der Waals surface area contributed by atoms with Gasteiger partial charge in [0.2, 0.25) is 0 Å². The highest BCUT2D eigenvalue weighted by atomic mass is 16.3. The molecule has 1 amide bonds. The van der Waals surface area contributed by atoms with Gasteiger partial charge in [0.25, 0.3) is 5.91 Å². The summed E-state index contributed by atoms with van der Waals surface area (Å²) in [7, 11) is 0. The van der Waals surface area contributed by atoms with Gasteiger partial charge in [0.1, 0.15) is 5.75 Å². The largest absolute Gasteiger partial charge is 0.507 e. The number of hydrogen-bond donors (Lipinski definition) is 3. The molecule has 23 heavy (non-hydrogen) atoms. The lowest BCUT2D eigenvalue weighted by Crippen LogP contribution is -2.56. The Balaban J connectivity index is 1.67. The predicted molar refractivity (Wildman–Crippen MR) is 88.6 cm³/mol. The molecule has 0 bridgehead atoms. The smallest absolute Gasteiger partial charge is 0.255 e. The number of carbonyl (C=O) groups excluding carboxylic acids is 1. The van der Waals surface area contributed by atoms with Crippen LogP contribution in [0.5, 0.6) is 5.75 Å². The number of aromatic hydroxyl groups is 1. The van der Waals surface area contributed by atoms with Crippen molar-refractivity contribution in [3.8, 4) is 5.75 Å². The van der Waals surface area contributed by atoms with Crippen molar-refractivity contribution in [2.75, 3.05) is 13.1 Å². The highest BCUT2D eigenvalue weighted by molar-refractivity contribution is 5.97. The molecule has 0 unspecified atom stereocenters. The Morgan fingerprint density at radius 2 is 1.96 bits per heavy atom. The first-order chi connectivity index (χ1) is 11.1. The Morgan fingerprint density at radius 3 is 2.65 bits per heavy atom. The first-order valence-electron chi connectivity index (χ1n) is 8.59. The van der Waals surface area contributed by atoms with Gasteiger partial charge < -0.3 is 15.5 Å². The van der Waals surface area contributed by atoms with E-state index in [2.05, 4.69) is 10.2 Å². The minimum absolute atomic E-state index is 0.0103. The van der Waals surface area contributed by atoms with Crippen LogP contribution < -0.4 is 5.32 Å². The SMILES string of the molecule is Cc1ccc(C(=O)N[C@@H]2CCC[C@@H](N3CCCC3)[C@@H]2O)c(O)c1. The Labute approximate surface area is 137 Å². The zero-order chi connectivity index (χ0) is 16.4. The molecule has 126 valence electrons. The van der Waals surface area contributed by atoms with E-state index in [-0.39, 0.29) is 29.3 Å². The number of likely N-dealkylation sites (tertiary alicyclic amines) is 1. The Hall–Kier alpha value is -1.59. The van der Waals surface area contributed by atoms with Gasteiger partial charge in [-0.25, -0.2) is 0 Å². The van der Waals surface area contributed by atoms with E-state index < -0.39 is 6.10 Å². The van der Waals surface area contributed by atoms with E-state index in [9.17, 15) is 15.0 Å². The van der Waals surface area contributed by atoms with E-state index in [1.807, 2.05) is 6.92 Å². The summed E-state index contributed by atoms with van der Waals surface area (Å²) < 4.78 is 0. The molecule has 2 fully saturated rings. The summed E-state index contributed by atoms with van der Waals surface area (Å²) in [6, 6.07) is 4.91. The van der Waals surface area contributed by atoms with Crippen molar-refractivity contribution in [1.29, 1.82) is 0 Å². The van der Waals surface area contributed by atoms with Crippen LogP contribution in [-0.4, -0.2) is 52.3 Å². The van der Waals surface area contributed by atoms with Crippen LogP contribution >= 0.6 is 0 Å². The maximum absolute atomic E-state index is 12.4. The molecule has 1 aromatic carbocycles. The van der Waals surface area contributed by atoms with Gasteiger partial charge in [-0.2, -0.15) is 0 Å². The van der Waals surface area contributed by atoms with Crippen molar-refractivity contribution in [1.82, 2.24) is 10.2 Å². The Kier molecular flexibility index (Phi) is 4.87. The first-order valence-corrected chi connectivity index (χ1v) is 8.59. The normalized spacial score (nSPS) is 28.7. The lowest BCUT2D eigenvalue weighted by atomic mass is 9.87. The maximum Gasteiger partial charge on any atom is 0.255 e. The molecule has 2 aliphatic rings. The number of phenols is 1. The molecule has 3 rings (SSSR count). The van der Waals surface area contributed by atoms with Crippen LogP contribution in [-0.2, 0) is 0 Å². The topological polar surface area (TPSA) is 72.8 Å². The number of aliphatic hydroxyl groups excluding tert-OH is 1. The fourth-order valence-corrected chi connectivity index (χ4v) is 3.87. The second kappa shape index (κ2) is 6.89. The number of phenolic OH excluding ortho intramolecular Hbond substituents is 1. The molecule has 1 aromatic rings. The van der Waals surface area contributed by atoms with Gasteiger partial charge in [-0.3, -0.25) is 9.69 Å². The number of nitrogens with one attached hydrogen (secondary N) is 1. The van der Waals surface area contributed by atoms with Crippen LogP contribution in [0.25, 0.3) is 0 Å². The summed E-state index contributed by atoms with van der Waals surface area (Å²) in [6.45, 7) is 3.95. The second-order valence-corrected chi connectivity index (χ2v) is 6.83. The van der Waals surface area contributed by atoms with E-state index in [0.717, 1.165) is 37.9 Å². The van der Waals surface area contributed by atoms with Gasteiger partial charge in [0.15, 0.2) is 0 Å². The molecule has 1 heterocycles. The standard InChI is InChI=1S/C18H26N2O3/c1-12-7-8-13(16(21)11-12)18(23)19-14-5-4-6-15(17(14)22)20-9-2-3-10-20/h7-8,11,14-15,17,21-22H,2-6,9-10H2,1H3,(H,19,23)/t14-,15-,17-/m1/s1. The van der Waals surface area contributed by atoms with Crippen molar-refractivity contribution in [3.05, 3.63) is 29.3 Å². The van der Waals surface area contributed by atoms with Gasteiger partial charge in [0.05, 0.1) is 17.7 Å². The molecule has 1 aliphatic carbocycles. The number of aryl methyl sites for hydroxylation is 1. The van der Waals surface area contributed by atoms with Gasteiger partial charge in [0, 0.05) is 6.04 Å². The molecule has 3 N–H and O–H groups in total. The molecule has 0 aromatic heterocycles. The number of hydrogen-bond acceptors (Lipinski definition) is 4. The number of nitrogens with zero attached hydrogens (tertiary/aromatic N) is 1. The van der Waals surface area contributed by atoms with E-state index in [1.165, 1.54) is 12.8 Å². The quantitative estimate of drug-likeness (QED) is 0.795. The number of aliphatic hydroxyl groups is 1. The minimum Gasteiger partial charge on any atom is -0.507 e. The summed E-state index contributed by atoms with van der Waals surface area (Å²) >= 11 is 0. The number of benzene rings is 1. The van der Waals surface area contributed by atoms with E-state index >= 15 is 0 Å². The van der Waals surface area contributed by atoms with Crippen LogP contribution in [0, 0.1) is 6.92 Å². The molecular formula is C18H26N2O3. The van der Waals surface area contributed by atoms with Crippen molar-refractivity contribution < 1.29 is 15.0 Å². The molecule has 3 atom stereocenters. The number of amides is 1. The maximum atomic E-state index is 12.4.